The van der Waals surface area contributed by atoms with Gasteiger partial charge in [-0.1, -0.05) is 49.8 Å². The lowest BCUT2D eigenvalue weighted by molar-refractivity contribution is 0.390. The zero-order valence-corrected chi connectivity index (χ0v) is 14.0. The number of benzene rings is 1. The number of allylic oxidation sites excluding steroid dienone is 2. The highest BCUT2D eigenvalue weighted by Gasteiger charge is 2.28. The van der Waals surface area contributed by atoms with Gasteiger partial charge in [-0.25, -0.2) is 0 Å². The van der Waals surface area contributed by atoms with Gasteiger partial charge in [0.2, 0.25) is 0 Å². The van der Waals surface area contributed by atoms with Crippen LogP contribution in [0.5, 0.6) is 0 Å². The van der Waals surface area contributed by atoms with E-state index in [0.717, 1.165) is 30.5 Å². The van der Waals surface area contributed by atoms with Gasteiger partial charge in [-0.05, 0) is 69.3 Å². The summed E-state index contributed by atoms with van der Waals surface area (Å²) >= 11 is 2.51. The summed E-state index contributed by atoms with van der Waals surface area (Å²) in [5.74, 6) is 0. The number of nitrogens with one attached hydrogen (secondary N) is 1. The molecule has 102 valence electrons. The minimum atomic E-state index is 0.457. The average molecular weight is 367 g/mol. The van der Waals surface area contributed by atoms with E-state index in [-0.39, 0.29) is 0 Å². The lowest BCUT2D eigenvalue weighted by atomic mass is 9.89. The second kappa shape index (κ2) is 6.21. The van der Waals surface area contributed by atoms with Gasteiger partial charge in [-0.3, -0.25) is 0 Å². The monoisotopic (exact) mass is 367 g/mol. The van der Waals surface area contributed by atoms with Crippen LogP contribution < -0.4 is 0 Å². The van der Waals surface area contributed by atoms with Crippen LogP contribution in [0.25, 0.3) is 0 Å². The molecule has 0 unspecified atom stereocenters. The van der Waals surface area contributed by atoms with Crippen molar-refractivity contribution < 1.29 is 0 Å². The molecular weight excluding hydrogens is 345 g/mol. The quantitative estimate of drug-likeness (QED) is 0.507. The Kier molecular flexibility index (Phi) is 4.82. The van der Waals surface area contributed by atoms with E-state index in [9.17, 15) is 0 Å². The van der Waals surface area contributed by atoms with Crippen molar-refractivity contribution in [1.29, 1.82) is 5.41 Å². The first-order chi connectivity index (χ1) is 8.98. The largest absolute Gasteiger partial charge is 0.305 e. The third kappa shape index (κ3) is 4.16. The molecule has 0 saturated carbocycles. The van der Waals surface area contributed by atoms with Crippen LogP contribution in [0.4, 0.5) is 0 Å². The molecule has 0 atom stereocenters. The fourth-order valence-corrected chi connectivity index (χ4v) is 4.26. The molecule has 0 aromatic heterocycles. The molecule has 1 aliphatic rings. The van der Waals surface area contributed by atoms with E-state index < -0.39 is 0 Å². The predicted molar refractivity (Wildman–Crippen MR) is 91.2 cm³/mol. The minimum absolute atomic E-state index is 0.457. The Bertz CT molecular complexity index is 485. The van der Waals surface area contributed by atoms with Crippen molar-refractivity contribution in [3.63, 3.8) is 0 Å². The summed E-state index contributed by atoms with van der Waals surface area (Å²) < 4.78 is 1.56. The third-order valence-electron chi connectivity index (χ3n) is 3.74. The molecule has 0 heterocycles. The fourth-order valence-electron chi connectivity index (χ4n) is 2.77. The summed E-state index contributed by atoms with van der Waals surface area (Å²) in [6, 6.07) is 10.1. The molecule has 0 bridgehead atoms. The van der Waals surface area contributed by atoms with Gasteiger partial charge in [0.15, 0.2) is 0 Å². The Morgan fingerprint density at radius 2 is 1.89 bits per heavy atom. The standard InChI is InChI=1S/C17H22IN/c1-17(2)11-14(15(18)12-17)9-6-10-16(19)13-7-4-3-5-8-13/h3-5,7-8,19H,6,9-12H2,1-2H3. The Morgan fingerprint density at radius 3 is 2.47 bits per heavy atom. The molecule has 19 heavy (non-hydrogen) atoms. The fraction of sp³-hybridized carbons (Fsp3) is 0.471. The van der Waals surface area contributed by atoms with E-state index in [4.69, 9.17) is 5.41 Å². The van der Waals surface area contributed by atoms with Gasteiger partial charge in [0.1, 0.15) is 0 Å². The van der Waals surface area contributed by atoms with E-state index >= 15 is 0 Å². The number of hydrogen-bond acceptors (Lipinski definition) is 1. The first-order valence-corrected chi connectivity index (χ1v) is 8.05. The van der Waals surface area contributed by atoms with Crippen molar-refractivity contribution in [2.24, 2.45) is 5.41 Å². The molecule has 1 aliphatic carbocycles. The average Bonchev–Trinajstić information content (AvgIpc) is 2.63. The topological polar surface area (TPSA) is 23.9 Å². The van der Waals surface area contributed by atoms with Gasteiger partial charge in [-0.2, -0.15) is 0 Å². The Labute approximate surface area is 130 Å². The van der Waals surface area contributed by atoms with E-state index in [0.29, 0.717) is 5.41 Å². The highest BCUT2D eigenvalue weighted by atomic mass is 127. The summed E-state index contributed by atoms with van der Waals surface area (Å²) in [6.07, 6.45) is 5.63. The van der Waals surface area contributed by atoms with Crippen molar-refractivity contribution in [1.82, 2.24) is 0 Å². The summed E-state index contributed by atoms with van der Waals surface area (Å²) in [5.41, 5.74) is 3.93. The minimum Gasteiger partial charge on any atom is -0.305 e. The molecule has 0 fully saturated rings. The molecule has 0 amide bonds. The van der Waals surface area contributed by atoms with Crippen LogP contribution in [0.3, 0.4) is 0 Å². The SMILES string of the molecule is CC1(C)CC(I)=C(CCCC(=N)c2ccccc2)C1. The lowest BCUT2D eigenvalue weighted by Crippen LogP contribution is -2.05. The normalized spacial score (nSPS) is 17.8. The van der Waals surface area contributed by atoms with Gasteiger partial charge >= 0.3 is 0 Å². The third-order valence-corrected chi connectivity index (χ3v) is 4.88. The molecule has 2 rings (SSSR count). The molecule has 1 aromatic carbocycles. The van der Waals surface area contributed by atoms with Crippen molar-refractivity contribution in [2.75, 3.05) is 0 Å². The van der Waals surface area contributed by atoms with E-state index in [1.807, 2.05) is 30.3 Å². The molecule has 1 nitrogen and oxygen atoms in total. The highest BCUT2D eigenvalue weighted by molar-refractivity contribution is 14.1. The van der Waals surface area contributed by atoms with Gasteiger partial charge < -0.3 is 5.41 Å². The predicted octanol–water partition coefficient (Wildman–Crippen LogP) is 5.73. The van der Waals surface area contributed by atoms with Crippen LogP contribution >= 0.6 is 22.6 Å². The lowest BCUT2D eigenvalue weighted by Gasteiger charge is -2.16. The van der Waals surface area contributed by atoms with Crippen LogP contribution in [-0.4, -0.2) is 5.71 Å². The van der Waals surface area contributed by atoms with Crippen molar-refractivity contribution in [3.8, 4) is 0 Å². The zero-order chi connectivity index (χ0) is 13.9. The highest BCUT2D eigenvalue weighted by Crippen LogP contribution is 2.45. The van der Waals surface area contributed by atoms with Gasteiger partial charge in [0.05, 0.1) is 0 Å². The van der Waals surface area contributed by atoms with E-state index in [2.05, 4.69) is 36.4 Å². The van der Waals surface area contributed by atoms with Gasteiger partial charge in [0.25, 0.3) is 0 Å². The summed E-state index contributed by atoms with van der Waals surface area (Å²) in [6.45, 7) is 4.70. The Hall–Kier alpha value is -0.640. The van der Waals surface area contributed by atoms with Crippen molar-refractivity contribution >= 4 is 28.3 Å². The van der Waals surface area contributed by atoms with Crippen LogP contribution in [0, 0.1) is 10.8 Å². The molecule has 0 radical (unpaired) electrons. The van der Waals surface area contributed by atoms with E-state index in [1.165, 1.54) is 12.8 Å². The zero-order valence-electron chi connectivity index (χ0n) is 11.8. The molecular formula is C17H22IN. The molecule has 0 aliphatic heterocycles. The van der Waals surface area contributed by atoms with Crippen LogP contribution in [0.1, 0.15) is 51.5 Å². The summed E-state index contributed by atoms with van der Waals surface area (Å²) in [7, 11) is 0. The second-order valence-corrected chi connectivity index (χ2v) is 7.53. The number of rotatable bonds is 5. The molecule has 2 heteroatoms. The maximum atomic E-state index is 8.11. The second-order valence-electron chi connectivity index (χ2n) is 6.22. The molecule has 1 N–H and O–H groups in total. The first kappa shape index (κ1) is 14.8. The van der Waals surface area contributed by atoms with Crippen LogP contribution in [0.2, 0.25) is 0 Å². The summed E-state index contributed by atoms with van der Waals surface area (Å²) in [4.78, 5) is 0. The Balaban J connectivity index is 1.82. The van der Waals surface area contributed by atoms with Crippen LogP contribution in [-0.2, 0) is 0 Å². The summed E-state index contributed by atoms with van der Waals surface area (Å²) in [5, 5.41) is 8.11. The number of halogens is 1. The molecule has 1 aromatic rings. The van der Waals surface area contributed by atoms with Crippen molar-refractivity contribution in [3.05, 3.63) is 45.0 Å². The molecule has 0 spiro atoms. The van der Waals surface area contributed by atoms with E-state index in [1.54, 1.807) is 9.15 Å². The van der Waals surface area contributed by atoms with Gasteiger partial charge in [-0.15, -0.1) is 0 Å². The van der Waals surface area contributed by atoms with Crippen LogP contribution in [0.15, 0.2) is 39.5 Å². The smallest absolute Gasteiger partial charge is 0.0386 e. The first-order valence-electron chi connectivity index (χ1n) is 6.97. The Morgan fingerprint density at radius 1 is 1.21 bits per heavy atom. The molecule has 0 saturated heterocycles. The maximum Gasteiger partial charge on any atom is 0.0386 e. The van der Waals surface area contributed by atoms with Crippen molar-refractivity contribution in [2.45, 2.75) is 46.0 Å². The maximum absolute atomic E-state index is 8.11. The van der Waals surface area contributed by atoms with Gasteiger partial charge in [0, 0.05) is 5.71 Å². The number of hydrogen-bond donors (Lipinski definition) is 1.